The molecular formula is C19H36N2O4. The molecule has 0 spiro atoms. The Labute approximate surface area is 152 Å². The highest BCUT2D eigenvalue weighted by Crippen LogP contribution is 2.21. The molecule has 0 aromatic rings. The van der Waals surface area contributed by atoms with Crippen LogP contribution in [-0.2, 0) is 14.3 Å². The number of nitrogens with zero attached hydrogens (tertiary/aromatic N) is 2. The maximum absolute atomic E-state index is 11.8. The van der Waals surface area contributed by atoms with E-state index >= 15 is 0 Å². The Kier molecular flexibility index (Phi) is 10.2. The maximum Gasteiger partial charge on any atom is 0.248 e. The lowest BCUT2D eigenvalue weighted by Crippen LogP contribution is -2.45. The van der Waals surface area contributed by atoms with Gasteiger partial charge in [0.05, 0.1) is 18.8 Å². The highest BCUT2D eigenvalue weighted by Gasteiger charge is 2.27. The highest BCUT2D eigenvalue weighted by molar-refractivity contribution is 5.82. The molecule has 0 aliphatic carbocycles. The van der Waals surface area contributed by atoms with Gasteiger partial charge in [0.15, 0.2) is 0 Å². The molecule has 0 unspecified atom stereocenters. The third kappa shape index (κ3) is 7.42. The number of likely N-dealkylation sites (tertiary alicyclic amines) is 2. The fourth-order valence-electron chi connectivity index (χ4n) is 3.22. The number of ketones is 1. The van der Waals surface area contributed by atoms with Crippen LogP contribution in [0.1, 0.15) is 53.4 Å². The lowest BCUT2D eigenvalue weighted by molar-refractivity contribution is -0.138. The van der Waals surface area contributed by atoms with Crippen molar-refractivity contribution in [3.05, 3.63) is 0 Å². The predicted octanol–water partition coefficient (Wildman–Crippen LogP) is 1.70. The van der Waals surface area contributed by atoms with E-state index in [9.17, 15) is 9.59 Å². The molecule has 25 heavy (non-hydrogen) atoms. The van der Waals surface area contributed by atoms with E-state index in [2.05, 4.69) is 4.90 Å². The van der Waals surface area contributed by atoms with Crippen LogP contribution in [0.3, 0.4) is 0 Å². The zero-order valence-corrected chi connectivity index (χ0v) is 16.4. The van der Waals surface area contributed by atoms with Crippen molar-refractivity contribution in [3.63, 3.8) is 0 Å². The number of aliphatic hydroxyl groups is 1. The SMILES string of the molecule is CC.CC(C)C(=O)CN1CCC(OC2CCN(C(=O)CO)CC2)CC1. The normalized spacial score (nSPS) is 20.3. The number of amides is 1. The molecule has 1 amide bonds. The molecule has 146 valence electrons. The fourth-order valence-corrected chi connectivity index (χ4v) is 3.22. The van der Waals surface area contributed by atoms with Gasteiger partial charge in [0, 0.05) is 32.1 Å². The monoisotopic (exact) mass is 356 g/mol. The van der Waals surface area contributed by atoms with Crippen molar-refractivity contribution in [2.75, 3.05) is 39.3 Å². The van der Waals surface area contributed by atoms with Crippen LogP contribution in [0.15, 0.2) is 0 Å². The van der Waals surface area contributed by atoms with Gasteiger partial charge in [-0.25, -0.2) is 0 Å². The third-order valence-electron chi connectivity index (χ3n) is 4.87. The van der Waals surface area contributed by atoms with Crippen LogP contribution in [0, 0.1) is 5.92 Å². The Morgan fingerprint density at radius 3 is 1.92 bits per heavy atom. The van der Waals surface area contributed by atoms with Gasteiger partial charge < -0.3 is 14.7 Å². The van der Waals surface area contributed by atoms with Crippen LogP contribution >= 0.6 is 0 Å². The van der Waals surface area contributed by atoms with E-state index < -0.39 is 6.61 Å². The predicted molar refractivity (Wildman–Crippen MR) is 98.4 cm³/mol. The van der Waals surface area contributed by atoms with Crippen molar-refractivity contribution in [2.45, 2.75) is 65.6 Å². The Bertz CT molecular complexity index is 398. The van der Waals surface area contributed by atoms with E-state index in [0.29, 0.717) is 25.4 Å². The van der Waals surface area contributed by atoms with Gasteiger partial charge in [-0.05, 0) is 25.7 Å². The molecule has 2 heterocycles. The zero-order chi connectivity index (χ0) is 18.8. The van der Waals surface area contributed by atoms with Crippen LogP contribution in [0.5, 0.6) is 0 Å². The van der Waals surface area contributed by atoms with Gasteiger partial charge in [-0.2, -0.15) is 0 Å². The Morgan fingerprint density at radius 2 is 1.48 bits per heavy atom. The van der Waals surface area contributed by atoms with Gasteiger partial charge in [0.1, 0.15) is 12.4 Å². The third-order valence-corrected chi connectivity index (χ3v) is 4.87. The summed E-state index contributed by atoms with van der Waals surface area (Å²) in [6.07, 6.45) is 4.12. The number of hydrogen-bond donors (Lipinski definition) is 1. The number of Topliss-reactive ketones (excluding diaryl/α,β-unsaturated/α-hetero) is 1. The minimum absolute atomic E-state index is 0.107. The zero-order valence-electron chi connectivity index (χ0n) is 16.4. The lowest BCUT2D eigenvalue weighted by atomic mass is 10.0. The summed E-state index contributed by atoms with van der Waals surface area (Å²) in [4.78, 5) is 27.2. The first-order chi connectivity index (χ1) is 12.0. The van der Waals surface area contributed by atoms with Gasteiger partial charge in [0.25, 0.3) is 0 Å². The van der Waals surface area contributed by atoms with Crippen molar-refractivity contribution in [2.24, 2.45) is 5.92 Å². The van der Waals surface area contributed by atoms with E-state index in [0.717, 1.165) is 38.8 Å². The van der Waals surface area contributed by atoms with Crippen LogP contribution < -0.4 is 0 Å². The van der Waals surface area contributed by atoms with Crippen molar-refractivity contribution in [1.82, 2.24) is 9.80 Å². The summed E-state index contributed by atoms with van der Waals surface area (Å²) in [5.74, 6) is 0.229. The molecule has 1 N–H and O–H groups in total. The molecule has 6 nitrogen and oxygen atoms in total. The Morgan fingerprint density at radius 1 is 1.00 bits per heavy atom. The molecule has 2 aliphatic heterocycles. The first-order valence-electron chi connectivity index (χ1n) is 9.78. The molecule has 0 aromatic carbocycles. The minimum atomic E-state index is -0.404. The van der Waals surface area contributed by atoms with Gasteiger partial charge in [-0.3, -0.25) is 14.5 Å². The Hall–Kier alpha value is -0.980. The molecule has 6 heteroatoms. The molecule has 0 saturated carbocycles. The van der Waals surface area contributed by atoms with Gasteiger partial charge in [0.2, 0.25) is 5.91 Å². The molecule has 2 aliphatic rings. The van der Waals surface area contributed by atoms with E-state index in [1.54, 1.807) is 4.90 Å². The Balaban J connectivity index is 0.00000151. The number of carbonyl (C=O) groups is 2. The number of piperidine rings is 2. The molecule has 2 saturated heterocycles. The second kappa shape index (κ2) is 11.6. The van der Waals surface area contributed by atoms with Crippen LogP contribution in [-0.4, -0.2) is 78.1 Å². The average molecular weight is 357 g/mol. The van der Waals surface area contributed by atoms with Crippen molar-refractivity contribution >= 4 is 11.7 Å². The van der Waals surface area contributed by atoms with E-state index in [1.165, 1.54) is 0 Å². The van der Waals surface area contributed by atoms with Crippen LogP contribution in [0.2, 0.25) is 0 Å². The van der Waals surface area contributed by atoms with Crippen molar-refractivity contribution in [1.29, 1.82) is 0 Å². The van der Waals surface area contributed by atoms with Gasteiger partial charge >= 0.3 is 0 Å². The second-order valence-corrected chi connectivity index (χ2v) is 6.97. The fraction of sp³-hybridized carbons (Fsp3) is 0.895. The highest BCUT2D eigenvalue weighted by atomic mass is 16.5. The van der Waals surface area contributed by atoms with Gasteiger partial charge in [-0.1, -0.05) is 27.7 Å². The molecule has 2 fully saturated rings. The largest absolute Gasteiger partial charge is 0.387 e. The molecule has 0 atom stereocenters. The topological polar surface area (TPSA) is 70.1 Å². The molecule has 0 aromatic heterocycles. The average Bonchev–Trinajstić information content (AvgIpc) is 2.65. The number of rotatable bonds is 6. The van der Waals surface area contributed by atoms with Gasteiger partial charge in [-0.15, -0.1) is 0 Å². The van der Waals surface area contributed by atoms with Crippen molar-refractivity contribution < 1.29 is 19.4 Å². The number of carbonyl (C=O) groups excluding carboxylic acids is 2. The summed E-state index contributed by atoms with van der Waals surface area (Å²) in [5.41, 5.74) is 0. The van der Waals surface area contributed by atoms with Crippen LogP contribution in [0.25, 0.3) is 0 Å². The molecule has 2 rings (SSSR count). The maximum atomic E-state index is 11.8. The second-order valence-electron chi connectivity index (χ2n) is 6.97. The molecular weight excluding hydrogens is 320 g/mol. The number of ether oxygens (including phenoxy) is 1. The van der Waals surface area contributed by atoms with Crippen LogP contribution in [0.4, 0.5) is 0 Å². The molecule has 0 radical (unpaired) electrons. The van der Waals surface area contributed by atoms with Crippen molar-refractivity contribution in [3.8, 4) is 0 Å². The summed E-state index contributed by atoms with van der Waals surface area (Å²) in [5, 5.41) is 8.88. The van der Waals surface area contributed by atoms with E-state index in [1.807, 2.05) is 27.7 Å². The quantitative estimate of drug-likeness (QED) is 0.784. The standard InChI is InChI=1S/C17H30N2O4.C2H6/c1-13(2)16(21)11-18-7-3-14(4-8-18)23-15-5-9-19(10-6-15)17(22)12-20;1-2/h13-15,20H,3-12H2,1-2H3;1-2H3. The van der Waals surface area contributed by atoms with E-state index in [4.69, 9.17) is 9.84 Å². The number of hydrogen-bond acceptors (Lipinski definition) is 5. The first kappa shape index (κ1) is 22.1. The van der Waals surface area contributed by atoms with E-state index in [-0.39, 0.29) is 24.0 Å². The minimum Gasteiger partial charge on any atom is -0.387 e. The molecule has 0 bridgehead atoms. The first-order valence-corrected chi connectivity index (χ1v) is 9.78. The summed E-state index contributed by atoms with van der Waals surface area (Å²) in [6, 6.07) is 0. The smallest absolute Gasteiger partial charge is 0.248 e. The summed E-state index contributed by atoms with van der Waals surface area (Å²) in [6.45, 7) is 11.2. The summed E-state index contributed by atoms with van der Waals surface area (Å²) < 4.78 is 6.18. The lowest BCUT2D eigenvalue weighted by Gasteiger charge is -2.37. The summed E-state index contributed by atoms with van der Waals surface area (Å²) >= 11 is 0. The number of aliphatic hydroxyl groups excluding tert-OH is 1. The summed E-state index contributed by atoms with van der Waals surface area (Å²) in [7, 11) is 0.